The van der Waals surface area contributed by atoms with E-state index in [1.54, 1.807) is 7.11 Å². The fourth-order valence-electron chi connectivity index (χ4n) is 2.12. The largest absolute Gasteiger partial charge is 0.496 e. The van der Waals surface area contributed by atoms with Gasteiger partial charge in [0.25, 0.3) is 0 Å². The van der Waals surface area contributed by atoms with Crippen molar-refractivity contribution in [3.05, 3.63) is 23.8 Å². The molecule has 1 saturated heterocycles. The Labute approximate surface area is 108 Å². The minimum absolute atomic E-state index is 0.249. The zero-order chi connectivity index (χ0) is 12.8. The highest BCUT2D eigenvalue weighted by atomic mass is 16.5. The maximum atomic E-state index is 5.71. The molecule has 1 unspecified atom stereocenters. The van der Waals surface area contributed by atoms with Crippen LogP contribution in [0.1, 0.15) is 24.8 Å². The SMILES string of the molecule is COc1cc(N)ccc1COCC1CCCCO1. The molecule has 4 nitrogen and oxygen atoms in total. The zero-order valence-electron chi connectivity index (χ0n) is 10.9. The van der Waals surface area contributed by atoms with E-state index < -0.39 is 0 Å². The van der Waals surface area contributed by atoms with Gasteiger partial charge in [0.05, 0.1) is 26.4 Å². The molecule has 2 N–H and O–H groups in total. The summed E-state index contributed by atoms with van der Waals surface area (Å²) in [5, 5.41) is 0. The minimum atomic E-state index is 0.249. The van der Waals surface area contributed by atoms with E-state index in [4.69, 9.17) is 19.9 Å². The molecule has 0 spiro atoms. The maximum absolute atomic E-state index is 5.71. The summed E-state index contributed by atoms with van der Waals surface area (Å²) in [6, 6.07) is 5.62. The number of hydrogen-bond acceptors (Lipinski definition) is 4. The highest BCUT2D eigenvalue weighted by Gasteiger charge is 2.14. The Morgan fingerprint density at radius 1 is 1.39 bits per heavy atom. The lowest BCUT2D eigenvalue weighted by Gasteiger charge is -2.22. The molecule has 0 amide bonds. The van der Waals surface area contributed by atoms with Crippen molar-refractivity contribution in [2.24, 2.45) is 0 Å². The lowest BCUT2D eigenvalue weighted by atomic mass is 10.1. The molecule has 1 aliphatic heterocycles. The third-order valence-electron chi connectivity index (χ3n) is 3.15. The van der Waals surface area contributed by atoms with E-state index in [1.807, 2.05) is 18.2 Å². The number of benzene rings is 1. The first-order chi connectivity index (χ1) is 8.79. The van der Waals surface area contributed by atoms with E-state index in [1.165, 1.54) is 12.8 Å². The number of methoxy groups -OCH3 is 1. The molecule has 1 fully saturated rings. The fourth-order valence-corrected chi connectivity index (χ4v) is 2.12. The zero-order valence-corrected chi connectivity index (χ0v) is 10.9. The van der Waals surface area contributed by atoms with Gasteiger partial charge in [-0.25, -0.2) is 0 Å². The number of anilines is 1. The molecule has 0 aromatic heterocycles. The molecule has 0 aliphatic carbocycles. The van der Waals surface area contributed by atoms with Crippen molar-refractivity contribution in [1.29, 1.82) is 0 Å². The van der Waals surface area contributed by atoms with Crippen LogP contribution in [0, 0.1) is 0 Å². The first-order valence-electron chi connectivity index (χ1n) is 6.41. The molecule has 1 aliphatic rings. The molecule has 18 heavy (non-hydrogen) atoms. The Kier molecular flexibility index (Phi) is 4.84. The minimum Gasteiger partial charge on any atom is -0.496 e. The van der Waals surface area contributed by atoms with Crippen molar-refractivity contribution in [3.8, 4) is 5.75 Å². The Balaban J connectivity index is 1.82. The number of rotatable bonds is 5. The van der Waals surface area contributed by atoms with Crippen LogP contribution in [0.5, 0.6) is 5.75 Å². The van der Waals surface area contributed by atoms with Gasteiger partial charge in [-0.05, 0) is 25.3 Å². The number of hydrogen-bond donors (Lipinski definition) is 1. The highest BCUT2D eigenvalue weighted by Crippen LogP contribution is 2.22. The Morgan fingerprint density at radius 2 is 2.28 bits per heavy atom. The third kappa shape index (κ3) is 3.62. The molecule has 0 bridgehead atoms. The van der Waals surface area contributed by atoms with Crippen LogP contribution in [0.2, 0.25) is 0 Å². The van der Waals surface area contributed by atoms with Crippen molar-refractivity contribution in [3.63, 3.8) is 0 Å². The van der Waals surface area contributed by atoms with Crippen LogP contribution < -0.4 is 10.5 Å². The van der Waals surface area contributed by atoms with Crippen LogP contribution >= 0.6 is 0 Å². The number of ether oxygens (including phenoxy) is 3. The quantitative estimate of drug-likeness (QED) is 0.816. The second kappa shape index (κ2) is 6.61. The van der Waals surface area contributed by atoms with Crippen LogP contribution in [0.15, 0.2) is 18.2 Å². The van der Waals surface area contributed by atoms with Crippen molar-refractivity contribution < 1.29 is 14.2 Å². The predicted octanol–water partition coefficient (Wildman–Crippen LogP) is 2.36. The summed E-state index contributed by atoms with van der Waals surface area (Å²) in [6.07, 6.45) is 3.75. The first kappa shape index (κ1) is 13.2. The molecule has 4 heteroatoms. The summed E-state index contributed by atoms with van der Waals surface area (Å²) in [5.74, 6) is 0.777. The van der Waals surface area contributed by atoms with Gasteiger partial charge in [0.1, 0.15) is 5.75 Å². The Hall–Kier alpha value is -1.26. The molecule has 1 atom stereocenters. The average Bonchev–Trinajstić information content (AvgIpc) is 2.41. The van der Waals surface area contributed by atoms with Crippen LogP contribution in [-0.4, -0.2) is 26.4 Å². The van der Waals surface area contributed by atoms with Gasteiger partial charge in [-0.1, -0.05) is 6.07 Å². The van der Waals surface area contributed by atoms with Crippen molar-refractivity contribution in [2.45, 2.75) is 32.0 Å². The fraction of sp³-hybridized carbons (Fsp3) is 0.571. The van der Waals surface area contributed by atoms with E-state index in [0.29, 0.717) is 18.9 Å². The molecule has 1 aromatic rings. The first-order valence-corrected chi connectivity index (χ1v) is 6.41. The Morgan fingerprint density at radius 3 is 3.00 bits per heavy atom. The highest BCUT2D eigenvalue weighted by molar-refractivity contribution is 5.48. The molecule has 0 saturated carbocycles. The predicted molar refractivity (Wildman–Crippen MR) is 70.7 cm³/mol. The van der Waals surface area contributed by atoms with E-state index in [9.17, 15) is 0 Å². The number of nitrogens with two attached hydrogens (primary N) is 1. The van der Waals surface area contributed by atoms with Crippen molar-refractivity contribution in [2.75, 3.05) is 26.1 Å². The standard InChI is InChI=1S/C14H21NO3/c1-16-14-8-12(15)6-5-11(14)9-17-10-13-4-2-3-7-18-13/h5-6,8,13H,2-4,7,9-10,15H2,1H3. The van der Waals surface area contributed by atoms with Gasteiger partial charge >= 0.3 is 0 Å². The molecule has 2 rings (SSSR count). The average molecular weight is 251 g/mol. The molecule has 1 aromatic carbocycles. The lowest BCUT2D eigenvalue weighted by Crippen LogP contribution is -2.24. The lowest BCUT2D eigenvalue weighted by molar-refractivity contribution is -0.0449. The van der Waals surface area contributed by atoms with Gasteiger partial charge in [-0.3, -0.25) is 0 Å². The van der Waals surface area contributed by atoms with Crippen LogP contribution in [0.25, 0.3) is 0 Å². The van der Waals surface area contributed by atoms with Crippen LogP contribution in [-0.2, 0) is 16.1 Å². The van der Waals surface area contributed by atoms with Crippen molar-refractivity contribution >= 4 is 5.69 Å². The molecule has 1 heterocycles. The molecular formula is C14H21NO3. The van der Waals surface area contributed by atoms with Gasteiger partial charge in [0.2, 0.25) is 0 Å². The van der Waals surface area contributed by atoms with Gasteiger partial charge in [0, 0.05) is 23.9 Å². The molecule has 0 radical (unpaired) electrons. The topological polar surface area (TPSA) is 53.7 Å². The van der Waals surface area contributed by atoms with Crippen molar-refractivity contribution in [1.82, 2.24) is 0 Å². The van der Waals surface area contributed by atoms with Gasteiger partial charge in [-0.2, -0.15) is 0 Å². The Bertz CT molecular complexity index is 375. The second-order valence-electron chi connectivity index (χ2n) is 4.57. The maximum Gasteiger partial charge on any atom is 0.126 e. The smallest absolute Gasteiger partial charge is 0.126 e. The van der Waals surface area contributed by atoms with E-state index in [0.717, 1.165) is 24.3 Å². The normalized spacial score (nSPS) is 19.7. The summed E-state index contributed by atoms with van der Waals surface area (Å²) in [5.41, 5.74) is 7.42. The summed E-state index contributed by atoms with van der Waals surface area (Å²) in [4.78, 5) is 0. The molecular weight excluding hydrogens is 230 g/mol. The van der Waals surface area contributed by atoms with E-state index in [2.05, 4.69) is 0 Å². The summed E-state index contributed by atoms with van der Waals surface area (Å²) < 4.78 is 16.6. The van der Waals surface area contributed by atoms with E-state index in [-0.39, 0.29) is 6.10 Å². The van der Waals surface area contributed by atoms with E-state index >= 15 is 0 Å². The third-order valence-corrected chi connectivity index (χ3v) is 3.15. The second-order valence-corrected chi connectivity index (χ2v) is 4.57. The van der Waals surface area contributed by atoms with Gasteiger partial charge < -0.3 is 19.9 Å². The van der Waals surface area contributed by atoms with Crippen LogP contribution in [0.4, 0.5) is 5.69 Å². The summed E-state index contributed by atoms with van der Waals surface area (Å²) in [7, 11) is 1.64. The summed E-state index contributed by atoms with van der Waals surface area (Å²) >= 11 is 0. The van der Waals surface area contributed by atoms with Gasteiger partial charge in [-0.15, -0.1) is 0 Å². The summed E-state index contributed by atoms with van der Waals surface area (Å²) in [6.45, 7) is 2.04. The monoisotopic (exact) mass is 251 g/mol. The molecule has 100 valence electrons. The van der Waals surface area contributed by atoms with Gasteiger partial charge in [0.15, 0.2) is 0 Å². The number of nitrogen functional groups attached to an aromatic ring is 1. The van der Waals surface area contributed by atoms with Crippen LogP contribution in [0.3, 0.4) is 0 Å².